The number of anilines is 1. The molecule has 1 aliphatic rings. The molecule has 2 amide bonds. The number of amides is 2. The number of rotatable bonds is 1. The molecule has 6 heteroatoms. The zero-order valence-electron chi connectivity index (χ0n) is 7.53. The van der Waals surface area contributed by atoms with Crippen LogP contribution in [0.1, 0.15) is 20.7 Å². The topological polar surface area (TPSA) is 84.2 Å². The van der Waals surface area contributed by atoms with Crippen LogP contribution < -0.4 is 16.4 Å². The van der Waals surface area contributed by atoms with E-state index in [0.29, 0.717) is 11.3 Å². The highest BCUT2D eigenvalue weighted by atomic mass is 32.1. The first-order valence-electron chi connectivity index (χ1n) is 4.15. The van der Waals surface area contributed by atoms with E-state index in [1.54, 1.807) is 18.2 Å². The van der Waals surface area contributed by atoms with Crippen molar-refractivity contribution in [2.24, 2.45) is 5.73 Å². The van der Waals surface area contributed by atoms with Gasteiger partial charge in [-0.05, 0) is 24.4 Å². The van der Waals surface area contributed by atoms with Crippen LogP contribution in [0.3, 0.4) is 0 Å². The maximum atomic E-state index is 11.4. The van der Waals surface area contributed by atoms with Crippen LogP contribution in [0, 0.1) is 0 Å². The molecule has 0 aliphatic carbocycles. The summed E-state index contributed by atoms with van der Waals surface area (Å²) in [5, 5.41) is 4.90. The molecule has 0 unspecified atom stereocenters. The first kappa shape index (κ1) is 9.60. The van der Waals surface area contributed by atoms with E-state index in [0.717, 1.165) is 0 Å². The average Bonchev–Trinajstić information content (AvgIpc) is 2.43. The van der Waals surface area contributed by atoms with Gasteiger partial charge in [0.1, 0.15) is 0 Å². The highest BCUT2D eigenvalue weighted by molar-refractivity contribution is 7.80. The van der Waals surface area contributed by atoms with Crippen LogP contribution >= 0.6 is 12.2 Å². The molecule has 1 aromatic carbocycles. The standard InChI is InChI=1S/C9H7N3O2S/c10-9(15)11-5-3-1-2-4-6(5)8(14)12-7(4)13/h1-3H,(H3,10,11,15)(H,12,13,14). The molecule has 1 heterocycles. The van der Waals surface area contributed by atoms with E-state index in [2.05, 4.69) is 22.9 Å². The van der Waals surface area contributed by atoms with Gasteiger partial charge in [-0.1, -0.05) is 6.07 Å². The molecule has 0 atom stereocenters. The lowest BCUT2D eigenvalue weighted by atomic mass is 10.1. The largest absolute Gasteiger partial charge is 0.376 e. The summed E-state index contributed by atoms with van der Waals surface area (Å²) in [5.41, 5.74) is 6.37. The third kappa shape index (κ3) is 1.55. The summed E-state index contributed by atoms with van der Waals surface area (Å²) >= 11 is 4.67. The summed E-state index contributed by atoms with van der Waals surface area (Å²) in [6.07, 6.45) is 0. The van der Waals surface area contributed by atoms with Crippen LogP contribution in [0.25, 0.3) is 0 Å². The molecular formula is C9H7N3O2S. The van der Waals surface area contributed by atoms with Gasteiger partial charge in [0.05, 0.1) is 16.8 Å². The molecule has 0 saturated heterocycles. The third-order valence-corrected chi connectivity index (χ3v) is 2.12. The number of nitrogens with two attached hydrogens (primary N) is 1. The van der Waals surface area contributed by atoms with Crippen LogP contribution in [0.4, 0.5) is 5.69 Å². The minimum Gasteiger partial charge on any atom is -0.376 e. The summed E-state index contributed by atoms with van der Waals surface area (Å²) in [7, 11) is 0. The van der Waals surface area contributed by atoms with Crippen LogP contribution in [-0.4, -0.2) is 16.9 Å². The minimum absolute atomic E-state index is 0.0514. The van der Waals surface area contributed by atoms with Gasteiger partial charge >= 0.3 is 0 Å². The maximum absolute atomic E-state index is 11.4. The van der Waals surface area contributed by atoms with Crippen molar-refractivity contribution in [3.05, 3.63) is 29.3 Å². The Balaban J connectivity index is 2.55. The number of hydrogen-bond donors (Lipinski definition) is 3. The molecular weight excluding hydrogens is 214 g/mol. The van der Waals surface area contributed by atoms with Gasteiger partial charge in [-0.2, -0.15) is 0 Å². The highest BCUT2D eigenvalue weighted by Crippen LogP contribution is 2.23. The third-order valence-electron chi connectivity index (χ3n) is 2.02. The van der Waals surface area contributed by atoms with Crippen molar-refractivity contribution in [3.63, 3.8) is 0 Å². The predicted molar refractivity (Wildman–Crippen MR) is 58.6 cm³/mol. The number of imide groups is 1. The molecule has 1 aliphatic heterocycles. The molecule has 1 aromatic rings. The smallest absolute Gasteiger partial charge is 0.261 e. The average molecular weight is 221 g/mol. The van der Waals surface area contributed by atoms with Gasteiger partial charge in [0.25, 0.3) is 11.8 Å². The molecule has 0 aromatic heterocycles. The van der Waals surface area contributed by atoms with Crippen molar-refractivity contribution in [2.45, 2.75) is 0 Å². The van der Waals surface area contributed by atoms with E-state index in [9.17, 15) is 9.59 Å². The van der Waals surface area contributed by atoms with Crippen LogP contribution in [-0.2, 0) is 0 Å². The van der Waals surface area contributed by atoms with Gasteiger partial charge in [0.15, 0.2) is 5.11 Å². The SMILES string of the molecule is NC(=S)Nc1cccc2c1C(=O)NC2=O. The van der Waals surface area contributed by atoms with E-state index >= 15 is 0 Å². The number of nitrogens with one attached hydrogen (secondary N) is 2. The second kappa shape index (κ2) is 3.32. The van der Waals surface area contributed by atoms with Gasteiger partial charge in [-0.15, -0.1) is 0 Å². The van der Waals surface area contributed by atoms with Gasteiger partial charge < -0.3 is 11.1 Å². The Morgan fingerprint density at radius 3 is 2.73 bits per heavy atom. The van der Waals surface area contributed by atoms with Crippen LogP contribution in [0.15, 0.2) is 18.2 Å². The number of benzene rings is 1. The van der Waals surface area contributed by atoms with E-state index in [-0.39, 0.29) is 10.7 Å². The fourth-order valence-electron chi connectivity index (χ4n) is 1.46. The summed E-state index contributed by atoms with van der Waals surface area (Å²) in [4.78, 5) is 22.7. The van der Waals surface area contributed by atoms with E-state index < -0.39 is 11.8 Å². The zero-order valence-corrected chi connectivity index (χ0v) is 8.35. The Labute approximate surface area is 90.6 Å². The molecule has 0 bridgehead atoms. The zero-order chi connectivity index (χ0) is 11.0. The molecule has 76 valence electrons. The first-order valence-corrected chi connectivity index (χ1v) is 4.55. The molecule has 4 N–H and O–H groups in total. The summed E-state index contributed by atoms with van der Waals surface area (Å²) in [5.74, 6) is -0.837. The Kier molecular flexibility index (Phi) is 2.12. The fourth-order valence-corrected chi connectivity index (χ4v) is 1.57. The summed E-state index contributed by atoms with van der Waals surface area (Å²) < 4.78 is 0. The van der Waals surface area contributed by atoms with Crippen molar-refractivity contribution in [2.75, 3.05) is 5.32 Å². The van der Waals surface area contributed by atoms with E-state index in [4.69, 9.17) is 5.73 Å². The molecule has 0 spiro atoms. The van der Waals surface area contributed by atoms with Crippen LogP contribution in [0.2, 0.25) is 0 Å². The number of fused-ring (bicyclic) bond motifs is 1. The molecule has 0 saturated carbocycles. The second-order valence-electron chi connectivity index (χ2n) is 3.00. The van der Waals surface area contributed by atoms with E-state index in [1.807, 2.05) is 0 Å². The second-order valence-corrected chi connectivity index (χ2v) is 3.44. The molecule has 0 fully saturated rings. The van der Waals surface area contributed by atoms with Crippen molar-refractivity contribution in [1.82, 2.24) is 5.32 Å². The Bertz CT molecular complexity index is 484. The van der Waals surface area contributed by atoms with Crippen molar-refractivity contribution in [3.8, 4) is 0 Å². The quantitative estimate of drug-likeness (QED) is 0.467. The molecule has 0 radical (unpaired) electrons. The minimum atomic E-state index is -0.436. The highest BCUT2D eigenvalue weighted by Gasteiger charge is 2.29. The van der Waals surface area contributed by atoms with Crippen molar-refractivity contribution < 1.29 is 9.59 Å². The number of carbonyl (C=O) groups is 2. The lowest BCUT2D eigenvalue weighted by Crippen LogP contribution is -2.22. The van der Waals surface area contributed by atoms with E-state index in [1.165, 1.54) is 0 Å². The number of thiocarbonyl (C=S) groups is 1. The van der Waals surface area contributed by atoms with Gasteiger partial charge in [-0.25, -0.2) is 0 Å². The summed E-state index contributed by atoms with van der Waals surface area (Å²) in [6.45, 7) is 0. The molecule has 15 heavy (non-hydrogen) atoms. The number of carbonyl (C=O) groups excluding carboxylic acids is 2. The normalized spacial score (nSPS) is 13.3. The first-order chi connectivity index (χ1) is 7.09. The van der Waals surface area contributed by atoms with Crippen LogP contribution in [0.5, 0.6) is 0 Å². The van der Waals surface area contributed by atoms with Gasteiger partial charge in [0.2, 0.25) is 0 Å². The predicted octanol–water partition coefficient (Wildman–Crippen LogP) is 0.226. The Morgan fingerprint density at radius 1 is 1.33 bits per heavy atom. The van der Waals surface area contributed by atoms with Crippen molar-refractivity contribution in [1.29, 1.82) is 0 Å². The fraction of sp³-hybridized carbons (Fsp3) is 0. The van der Waals surface area contributed by atoms with Gasteiger partial charge in [0, 0.05) is 0 Å². The Hall–Kier alpha value is -1.95. The molecule has 2 rings (SSSR count). The lowest BCUT2D eigenvalue weighted by molar-refractivity contribution is 0.0880. The Morgan fingerprint density at radius 2 is 2.07 bits per heavy atom. The van der Waals surface area contributed by atoms with Crippen molar-refractivity contribution >= 4 is 34.8 Å². The monoisotopic (exact) mass is 221 g/mol. The molecule has 5 nitrogen and oxygen atoms in total. The lowest BCUT2D eigenvalue weighted by Gasteiger charge is -2.06. The number of hydrogen-bond acceptors (Lipinski definition) is 3. The maximum Gasteiger partial charge on any atom is 0.261 e. The van der Waals surface area contributed by atoms with Gasteiger partial charge in [-0.3, -0.25) is 14.9 Å². The summed E-state index contributed by atoms with van der Waals surface area (Å²) in [6, 6.07) is 4.86.